The Bertz CT molecular complexity index is 730. The molecule has 26 heavy (non-hydrogen) atoms. The van der Waals surface area contributed by atoms with Crippen LogP contribution in [0, 0.1) is 13.8 Å². The number of nitrogens with zero attached hydrogens (tertiary/aromatic N) is 3. The Kier molecular flexibility index (Phi) is 12.1. The van der Waals surface area contributed by atoms with Crippen molar-refractivity contribution in [1.29, 1.82) is 0 Å². The van der Waals surface area contributed by atoms with E-state index in [2.05, 4.69) is 38.2 Å². The van der Waals surface area contributed by atoms with Crippen LogP contribution in [0.4, 0.5) is 5.82 Å². The van der Waals surface area contributed by atoms with Crippen LogP contribution in [0.2, 0.25) is 0 Å². The highest BCUT2D eigenvalue weighted by Gasteiger charge is 2.19. The largest absolute Gasteiger partial charge is 0.469 e. The third-order valence-corrected chi connectivity index (χ3v) is 4.77. The first-order chi connectivity index (χ1) is 12.3. The number of aromatic nitrogens is 3. The minimum atomic E-state index is -4.41. The van der Waals surface area contributed by atoms with Gasteiger partial charge in [0, 0.05) is 19.5 Å². The number of aryl methyl sites for hydroxylation is 1. The number of hydrogen-bond donors (Lipinski definition) is 5. The molecule has 14 heteroatoms. The molecule has 2 heterocycles. The minimum Gasteiger partial charge on any atom is -0.383 e. The fraction of sp³-hybridized carbons (Fsp3) is 0.417. The molecule has 10 nitrogen and oxygen atoms in total. The number of thiazole rings is 1. The van der Waals surface area contributed by atoms with E-state index in [4.69, 9.17) is 24.8 Å². The van der Waals surface area contributed by atoms with Gasteiger partial charge in [0.15, 0.2) is 12.2 Å². The maximum atomic E-state index is 10.7. The van der Waals surface area contributed by atoms with Crippen molar-refractivity contribution in [2.45, 2.75) is 26.8 Å². The van der Waals surface area contributed by atoms with Gasteiger partial charge in [0.2, 0.25) is 5.51 Å². The van der Waals surface area contributed by atoms with Gasteiger partial charge in [0.05, 0.1) is 40.8 Å². The van der Waals surface area contributed by atoms with Crippen molar-refractivity contribution in [3.8, 4) is 0 Å². The van der Waals surface area contributed by atoms with Crippen LogP contribution in [0.15, 0.2) is 11.7 Å². The van der Waals surface area contributed by atoms with Crippen molar-refractivity contribution in [3.05, 3.63) is 33.7 Å². The van der Waals surface area contributed by atoms with Gasteiger partial charge in [0.25, 0.3) is 0 Å². The van der Waals surface area contributed by atoms with Crippen molar-refractivity contribution in [2.24, 2.45) is 0 Å². The van der Waals surface area contributed by atoms with Gasteiger partial charge in [0.1, 0.15) is 11.6 Å². The molecule has 0 aromatic carbocycles. The normalized spacial score (nSPS) is 10.5. The summed E-state index contributed by atoms with van der Waals surface area (Å²) in [5.74, 6) is 1.08. The summed E-state index contributed by atoms with van der Waals surface area (Å²) in [6.07, 6.45) is 2.15. The highest BCUT2D eigenvalue weighted by molar-refractivity contribution is 7.46. The number of phosphoric ester groups is 1. The Morgan fingerprint density at radius 1 is 1.31 bits per heavy atom. The molecule has 0 aliphatic rings. The van der Waals surface area contributed by atoms with Crippen molar-refractivity contribution < 1.29 is 32.8 Å². The van der Waals surface area contributed by atoms with Crippen molar-refractivity contribution >= 4 is 48.7 Å². The molecular weight excluding hydrogens is 430 g/mol. The Morgan fingerprint density at radius 2 is 1.92 bits per heavy atom. The van der Waals surface area contributed by atoms with Gasteiger partial charge in [-0.3, -0.25) is 13.8 Å². The van der Waals surface area contributed by atoms with E-state index in [1.807, 2.05) is 17.0 Å². The first-order valence-corrected chi connectivity index (χ1v) is 9.93. The molecule has 0 atom stereocenters. The van der Waals surface area contributed by atoms with Crippen molar-refractivity contribution in [1.82, 2.24) is 9.97 Å². The molecule has 2 aromatic rings. The number of halogens is 2. The van der Waals surface area contributed by atoms with Gasteiger partial charge in [-0.2, -0.15) is 4.57 Å². The third kappa shape index (κ3) is 8.67. The Hall–Kier alpha value is -0.880. The van der Waals surface area contributed by atoms with Crippen LogP contribution in [-0.2, 0) is 22.1 Å². The molecule has 0 fully saturated rings. The quantitative estimate of drug-likeness (QED) is 0.319. The van der Waals surface area contributed by atoms with Gasteiger partial charge in [-0.15, -0.1) is 0 Å². The second-order valence-electron chi connectivity index (χ2n) is 4.76. The summed E-state index contributed by atoms with van der Waals surface area (Å²) in [7, 11) is -4.41. The molecule has 0 saturated heterocycles. The molecule has 148 valence electrons. The van der Waals surface area contributed by atoms with Gasteiger partial charge in [-0.1, -0.05) is 11.3 Å². The minimum absolute atomic E-state index is 0.0264. The van der Waals surface area contributed by atoms with Crippen LogP contribution in [0.5, 0.6) is 0 Å². The molecule has 0 saturated carbocycles. The Labute approximate surface area is 164 Å². The van der Waals surface area contributed by atoms with E-state index < -0.39 is 7.82 Å². The zero-order valence-corrected chi connectivity index (χ0v) is 17.1. The molecule has 0 unspecified atom stereocenters. The predicted octanol–water partition coefficient (Wildman–Crippen LogP) is 0.990. The lowest BCUT2D eigenvalue weighted by molar-refractivity contribution is -0.689. The number of hydrogen-bond acceptors (Lipinski definition) is 8. The number of nitrogen functional groups attached to an aromatic ring is 1. The van der Waals surface area contributed by atoms with E-state index in [9.17, 15) is 4.57 Å². The van der Waals surface area contributed by atoms with E-state index in [0.29, 0.717) is 24.6 Å². The summed E-state index contributed by atoms with van der Waals surface area (Å²) in [5.41, 5.74) is 9.65. The zero-order valence-electron chi connectivity index (χ0n) is 13.9. The second-order valence-corrected chi connectivity index (χ2v) is 6.94. The lowest BCUT2D eigenvalue weighted by atomic mass is 10.2. The molecule has 0 aliphatic heterocycles. The van der Waals surface area contributed by atoms with E-state index >= 15 is 0 Å². The molecule has 0 amide bonds. The highest BCUT2D eigenvalue weighted by Crippen LogP contribution is 2.35. The highest BCUT2D eigenvalue weighted by atomic mass is 35.5. The smallest absolute Gasteiger partial charge is 0.383 e. The van der Waals surface area contributed by atoms with Gasteiger partial charge >= 0.3 is 7.82 Å². The lowest BCUT2D eigenvalue weighted by Crippen LogP contribution is -2.35. The monoisotopic (exact) mass is 449 g/mol. The maximum absolute atomic E-state index is 10.7. The molecule has 0 radical (unpaired) electrons. The first kappa shape index (κ1) is 25.1. The molecule has 0 aliphatic carbocycles. The number of rotatable bonds is 6. The van der Waals surface area contributed by atoms with Crippen LogP contribution in [0.1, 0.15) is 22.0 Å². The van der Waals surface area contributed by atoms with Crippen LogP contribution in [0.25, 0.3) is 0 Å². The molecule has 0 bridgehead atoms. The fourth-order valence-electron chi connectivity index (χ4n) is 1.92. The topological polar surface area (TPSA) is 163 Å². The zero-order chi connectivity index (χ0) is 20.3. The third-order valence-electron chi connectivity index (χ3n) is 3.10. The van der Waals surface area contributed by atoms with E-state index in [1.165, 1.54) is 11.3 Å². The average molecular weight is 450 g/mol. The second kappa shape index (κ2) is 12.5. The summed E-state index contributed by atoms with van der Waals surface area (Å²) in [5, 5.41) is 0. The average Bonchev–Trinajstić information content (AvgIpc) is 2.93. The van der Waals surface area contributed by atoms with Crippen molar-refractivity contribution in [2.75, 3.05) is 12.3 Å². The Balaban J connectivity index is 0.00000146. The standard InChI is InChI=1S/C12H17N4O4PS.2ClHO/c1-8-11(3-4-20-21(17,18)19)22-7-16(8)6-10-5-14-9(2)15-12(10)13;2*1-2/h5,7H,3-4,6H2,1-2H3,(H3-,13,14,15,17,18,19);2*2H/p+1. The molecular formula is C12H20Cl2N4O6PS+. The van der Waals surface area contributed by atoms with Gasteiger partial charge < -0.3 is 15.5 Å². The summed E-state index contributed by atoms with van der Waals surface area (Å²) >= 11 is 8.78. The molecule has 0 spiro atoms. The summed E-state index contributed by atoms with van der Waals surface area (Å²) in [4.78, 5) is 26.6. The first-order valence-electron chi connectivity index (χ1n) is 6.84. The number of nitrogens with two attached hydrogens (primary N) is 1. The molecule has 2 aromatic heterocycles. The van der Waals surface area contributed by atoms with Crippen LogP contribution < -0.4 is 10.3 Å². The lowest BCUT2D eigenvalue weighted by Gasteiger charge is -2.04. The molecule has 2 rings (SSSR count). The van der Waals surface area contributed by atoms with Gasteiger partial charge in [-0.05, 0) is 6.92 Å². The SMILES string of the molecule is Cc1ncc(C[n+]2csc(CCOP(=O)(O)O)c2C)c(N)n1.OCl.OCl. The number of anilines is 1. The van der Waals surface area contributed by atoms with Crippen LogP contribution >= 0.6 is 42.9 Å². The fourth-order valence-corrected chi connectivity index (χ4v) is 3.23. The predicted molar refractivity (Wildman–Crippen MR) is 97.4 cm³/mol. The van der Waals surface area contributed by atoms with E-state index in [-0.39, 0.29) is 6.61 Å². The maximum Gasteiger partial charge on any atom is 0.469 e. The number of phosphoric acid groups is 1. The summed E-state index contributed by atoms with van der Waals surface area (Å²) in [6, 6.07) is 0. The van der Waals surface area contributed by atoms with E-state index in [1.54, 1.807) is 13.1 Å². The Morgan fingerprint density at radius 3 is 2.46 bits per heavy atom. The van der Waals surface area contributed by atoms with Crippen LogP contribution in [-0.4, -0.2) is 35.7 Å². The summed E-state index contributed by atoms with van der Waals surface area (Å²) < 4.78 is 30.1. The van der Waals surface area contributed by atoms with E-state index in [0.717, 1.165) is 16.1 Å². The van der Waals surface area contributed by atoms with Gasteiger partial charge in [-0.25, -0.2) is 14.5 Å². The summed E-state index contributed by atoms with van der Waals surface area (Å²) in [6.45, 7) is 4.24. The van der Waals surface area contributed by atoms with Crippen LogP contribution in [0.3, 0.4) is 0 Å². The van der Waals surface area contributed by atoms with Crippen molar-refractivity contribution in [3.63, 3.8) is 0 Å². The molecule has 6 N–H and O–H groups in total.